The summed E-state index contributed by atoms with van der Waals surface area (Å²) in [5.74, 6) is 0.568. The monoisotopic (exact) mass is 327 g/mol. The quantitative estimate of drug-likeness (QED) is 0.691. The maximum Gasteiger partial charge on any atom is 0.233 e. The van der Waals surface area contributed by atoms with E-state index in [0.29, 0.717) is 10.9 Å². The number of benzene rings is 1. The minimum atomic E-state index is 0.177. The third kappa shape index (κ3) is 2.88. The molecule has 2 aromatic heterocycles. The molecule has 23 heavy (non-hydrogen) atoms. The number of piperidine rings is 1. The highest BCUT2D eigenvalue weighted by molar-refractivity contribution is 7.99. The average Bonchev–Trinajstić information content (AvgIpc) is 3.04. The van der Waals surface area contributed by atoms with Crippen molar-refractivity contribution in [2.24, 2.45) is 0 Å². The lowest BCUT2D eigenvalue weighted by molar-refractivity contribution is -0.129. The van der Waals surface area contributed by atoms with E-state index in [1.165, 1.54) is 18.2 Å². The minimum absolute atomic E-state index is 0.177. The van der Waals surface area contributed by atoms with Gasteiger partial charge in [-0.3, -0.25) is 4.79 Å². The first-order chi connectivity index (χ1) is 11.3. The van der Waals surface area contributed by atoms with Crippen molar-refractivity contribution in [3.8, 4) is 0 Å². The number of hydrogen-bond donors (Lipinski definition) is 0. The maximum atomic E-state index is 12.2. The molecule has 0 aliphatic carbocycles. The van der Waals surface area contributed by atoms with Crippen LogP contribution in [-0.4, -0.2) is 49.2 Å². The van der Waals surface area contributed by atoms with Crippen molar-refractivity contribution in [1.82, 2.24) is 24.5 Å². The fourth-order valence-corrected chi connectivity index (χ4v) is 3.61. The number of nitrogens with zero attached hydrogens (tertiary/aromatic N) is 5. The molecule has 7 heteroatoms. The number of para-hydroxylation sites is 1. The lowest BCUT2D eigenvalue weighted by Gasteiger charge is -2.26. The van der Waals surface area contributed by atoms with E-state index in [0.717, 1.165) is 42.5 Å². The molecule has 0 N–H and O–H groups in total. The second-order valence-corrected chi connectivity index (χ2v) is 6.60. The molecule has 3 aromatic rings. The standard InChI is InChI=1S/C16H17N5OS/c22-14(20-8-4-1-5-9-20)10-23-16-18-15-12-6-2-3-7-13(12)17-11-21(15)19-16/h2-3,6-7,11H,1,4-5,8-10H2. The molecule has 0 radical (unpaired) electrons. The molecule has 1 aliphatic rings. The van der Waals surface area contributed by atoms with Crippen LogP contribution in [0.3, 0.4) is 0 Å². The molecule has 3 heterocycles. The van der Waals surface area contributed by atoms with Crippen molar-refractivity contribution in [1.29, 1.82) is 0 Å². The Hall–Kier alpha value is -2.15. The van der Waals surface area contributed by atoms with E-state index in [4.69, 9.17) is 0 Å². The van der Waals surface area contributed by atoms with E-state index < -0.39 is 0 Å². The average molecular weight is 327 g/mol. The minimum Gasteiger partial charge on any atom is -0.342 e. The van der Waals surface area contributed by atoms with Crippen LogP contribution < -0.4 is 0 Å². The van der Waals surface area contributed by atoms with Crippen LogP contribution in [0.15, 0.2) is 35.7 Å². The Morgan fingerprint density at radius 2 is 2.00 bits per heavy atom. The van der Waals surface area contributed by atoms with Crippen LogP contribution in [0.1, 0.15) is 19.3 Å². The SMILES string of the molecule is O=C(CSc1nc2c3ccccc3ncn2n1)N1CCCCC1. The van der Waals surface area contributed by atoms with E-state index in [2.05, 4.69) is 15.1 Å². The van der Waals surface area contributed by atoms with Crippen LogP contribution in [0.5, 0.6) is 0 Å². The van der Waals surface area contributed by atoms with Crippen LogP contribution in [0.2, 0.25) is 0 Å². The van der Waals surface area contributed by atoms with Gasteiger partial charge in [-0.1, -0.05) is 23.9 Å². The van der Waals surface area contributed by atoms with E-state index >= 15 is 0 Å². The highest BCUT2D eigenvalue weighted by Crippen LogP contribution is 2.21. The third-order valence-corrected chi connectivity index (χ3v) is 4.92. The number of carbonyl (C=O) groups excluding carboxylic acids is 1. The largest absolute Gasteiger partial charge is 0.342 e. The zero-order valence-corrected chi connectivity index (χ0v) is 13.5. The molecule has 0 spiro atoms. The van der Waals surface area contributed by atoms with Gasteiger partial charge in [-0.2, -0.15) is 0 Å². The van der Waals surface area contributed by atoms with E-state index in [9.17, 15) is 4.79 Å². The topological polar surface area (TPSA) is 63.4 Å². The summed E-state index contributed by atoms with van der Waals surface area (Å²) in [6.45, 7) is 1.76. The Bertz CT molecular complexity index is 856. The lowest BCUT2D eigenvalue weighted by atomic mass is 10.1. The summed E-state index contributed by atoms with van der Waals surface area (Å²) in [5, 5.41) is 6.00. The van der Waals surface area contributed by atoms with Crippen molar-refractivity contribution < 1.29 is 4.79 Å². The van der Waals surface area contributed by atoms with Gasteiger partial charge in [0.05, 0.1) is 11.3 Å². The number of aromatic nitrogens is 4. The summed E-state index contributed by atoms with van der Waals surface area (Å²) in [5.41, 5.74) is 1.68. The molecule has 1 fully saturated rings. The van der Waals surface area contributed by atoms with Gasteiger partial charge in [-0.05, 0) is 31.4 Å². The molecule has 1 aromatic carbocycles. The molecule has 0 unspecified atom stereocenters. The van der Waals surface area contributed by atoms with Crippen molar-refractivity contribution >= 4 is 34.2 Å². The van der Waals surface area contributed by atoms with Gasteiger partial charge in [0.1, 0.15) is 6.33 Å². The molecule has 0 bridgehead atoms. The van der Waals surface area contributed by atoms with Gasteiger partial charge in [0.15, 0.2) is 5.65 Å². The second-order valence-electron chi connectivity index (χ2n) is 5.65. The molecule has 6 nitrogen and oxygen atoms in total. The van der Waals surface area contributed by atoms with Crippen molar-refractivity contribution in [3.63, 3.8) is 0 Å². The second kappa shape index (κ2) is 6.16. The van der Waals surface area contributed by atoms with Gasteiger partial charge in [0.25, 0.3) is 0 Å². The summed E-state index contributed by atoms with van der Waals surface area (Å²) >= 11 is 1.39. The van der Waals surface area contributed by atoms with Crippen LogP contribution >= 0.6 is 11.8 Å². The molecular weight excluding hydrogens is 310 g/mol. The van der Waals surface area contributed by atoms with Crippen LogP contribution in [0, 0.1) is 0 Å². The summed E-state index contributed by atoms with van der Waals surface area (Å²) in [7, 11) is 0. The first-order valence-electron chi connectivity index (χ1n) is 7.82. The van der Waals surface area contributed by atoms with Crippen molar-refractivity contribution in [2.75, 3.05) is 18.8 Å². The highest BCUT2D eigenvalue weighted by atomic mass is 32.2. The Labute approximate surface area is 137 Å². The van der Waals surface area contributed by atoms with Gasteiger partial charge in [0.2, 0.25) is 11.1 Å². The lowest BCUT2D eigenvalue weighted by Crippen LogP contribution is -2.36. The summed E-state index contributed by atoms with van der Waals surface area (Å²) in [6, 6.07) is 7.86. The van der Waals surface area contributed by atoms with E-state index in [1.807, 2.05) is 29.2 Å². The van der Waals surface area contributed by atoms with Crippen LogP contribution in [0.25, 0.3) is 16.6 Å². The number of rotatable bonds is 3. The number of amides is 1. The third-order valence-electron chi connectivity index (χ3n) is 4.10. The zero-order valence-electron chi connectivity index (χ0n) is 12.7. The molecule has 0 saturated carbocycles. The fraction of sp³-hybridized carbons (Fsp3) is 0.375. The Kier molecular flexibility index (Phi) is 3.87. The van der Waals surface area contributed by atoms with Gasteiger partial charge in [-0.15, -0.1) is 5.10 Å². The maximum absolute atomic E-state index is 12.2. The van der Waals surface area contributed by atoms with Gasteiger partial charge >= 0.3 is 0 Å². The number of thioether (sulfide) groups is 1. The fourth-order valence-electron chi connectivity index (χ4n) is 2.88. The molecule has 118 valence electrons. The number of carbonyl (C=O) groups is 1. The first-order valence-corrected chi connectivity index (χ1v) is 8.80. The first kappa shape index (κ1) is 14.4. The van der Waals surface area contributed by atoms with Gasteiger partial charge in [0, 0.05) is 18.5 Å². The molecule has 1 aliphatic heterocycles. The molecule has 1 amide bonds. The normalized spacial score (nSPS) is 15.4. The zero-order chi connectivity index (χ0) is 15.6. The van der Waals surface area contributed by atoms with Crippen molar-refractivity contribution in [2.45, 2.75) is 24.4 Å². The van der Waals surface area contributed by atoms with Crippen molar-refractivity contribution in [3.05, 3.63) is 30.6 Å². The number of hydrogen-bond acceptors (Lipinski definition) is 5. The Morgan fingerprint density at radius 3 is 2.87 bits per heavy atom. The van der Waals surface area contributed by atoms with Gasteiger partial charge < -0.3 is 4.90 Å². The Morgan fingerprint density at radius 1 is 1.17 bits per heavy atom. The molecular formula is C16H17N5OS. The van der Waals surface area contributed by atoms with Gasteiger partial charge in [-0.25, -0.2) is 14.5 Å². The summed E-state index contributed by atoms with van der Waals surface area (Å²) in [6.07, 6.45) is 5.12. The smallest absolute Gasteiger partial charge is 0.233 e. The molecule has 0 atom stereocenters. The molecule has 4 rings (SSSR count). The predicted molar refractivity (Wildman–Crippen MR) is 89.4 cm³/mol. The van der Waals surface area contributed by atoms with E-state index in [1.54, 1.807) is 10.8 Å². The number of likely N-dealkylation sites (tertiary alicyclic amines) is 1. The number of fused-ring (bicyclic) bond motifs is 3. The summed E-state index contributed by atoms with van der Waals surface area (Å²) < 4.78 is 1.68. The van der Waals surface area contributed by atoms with Crippen LogP contribution in [-0.2, 0) is 4.79 Å². The van der Waals surface area contributed by atoms with Crippen LogP contribution in [0.4, 0.5) is 0 Å². The Balaban J connectivity index is 1.53. The highest BCUT2D eigenvalue weighted by Gasteiger charge is 2.17. The summed E-state index contributed by atoms with van der Waals surface area (Å²) in [4.78, 5) is 23.1. The molecule has 1 saturated heterocycles. The predicted octanol–water partition coefficient (Wildman–Crippen LogP) is 2.38. The van der Waals surface area contributed by atoms with E-state index in [-0.39, 0.29) is 5.91 Å².